The molecule has 6 heteroatoms. The second kappa shape index (κ2) is 4.09. The largest absolute Gasteiger partial charge is 0.435 e. The normalized spacial score (nSPS) is 10.5. The van der Waals surface area contributed by atoms with E-state index in [1.54, 1.807) is 16.9 Å². The molecular formula is C10H11ClN4O. The Morgan fingerprint density at radius 1 is 1.38 bits per heavy atom. The van der Waals surface area contributed by atoms with Crippen LogP contribution in [0, 0.1) is 13.8 Å². The summed E-state index contributed by atoms with van der Waals surface area (Å²) in [5.41, 5.74) is 1.75. The summed E-state index contributed by atoms with van der Waals surface area (Å²) in [6, 6.07) is 1.65. The molecule has 0 N–H and O–H groups in total. The van der Waals surface area contributed by atoms with Crippen molar-refractivity contribution < 1.29 is 4.74 Å². The molecule has 5 nitrogen and oxygen atoms in total. The van der Waals surface area contributed by atoms with E-state index in [1.807, 2.05) is 20.9 Å². The lowest BCUT2D eigenvalue weighted by Gasteiger charge is -2.04. The van der Waals surface area contributed by atoms with Crippen molar-refractivity contribution in [3.63, 3.8) is 0 Å². The van der Waals surface area contributed by atoms with E-state index in [1.165, 1.54) is 0 Å². The Bertz CT molecular complexity index is 524. The van der Waals surface area contributed by atoms with Gasteiger partial charge >= 0.3 is 0 Å². The molecular weight excluding hydrogens is 228 g/mol. The third kappa shape index (κ3) is 1.99. The number of halogens is 1. The summed E-state index contributed by atoms with van der Waals surface area (Å²) < 4.78 is 7.38. The lowest BCUT2D eigenvalue weighted by atomic mass is 10.3. The van der Waals surface area contributed by atoms with Gasteiger partial charge in [-0.2, -0.15) is 10.1 Å². The summed E-state index contributed by atoms with van der Waals surface area (Å²) >= 11 is 5.67. The molecule has 0 bridgehead atoms. The third-order valence-electron chi connectivity index (χ3n) is 2.25. The molecule has 2 heterocycles. The van der Waals surface area contributed by atoms with Gasteiger partial charge in [-0.1, -0.05) is 0 Å². The van der Waals surface area contributed by atoms with Crippen LogP contribution in [0.2, 0.25) is 5.28 Å². The van der Waals surface area contributed by atoms with Crippen molar-refractivity contribution in [3.8, 4) is 11.6 Å². The van der Waals surface area contributed by atoms with E-state index in [0.717, 1.165) is 11.4 Å². The fourth-order valence-corrected chi connectivity index (χ4v) is 1.52. The van der Waals surface area contributed by atoms with E-state index in [-0.39, 0.29) is 5.28 Å². The number of nitrogens with zero attached hydrogens (tertiary/aromatic N) is 4. The Labute approximate surface area is 98.0 Å². The Morgan fingerprint density at radius 2 is 2.12 bits per heavy atom. The minimum atomic E-state index is 0.164. The van der Waals surface area contributed by atoms with Gasteiger partial charge in [-0.3, -0.25) is 4.68 Å². The van der Waals surface area contributed by atoms with Gasteiger partial charge in [-0.25, -0.2) is 4.98 Å². The summed E-state index contributed by atoms with van der Waals surface area (Å²) in [5.74, 6) is 1.12. The number of aromatic nitrogens is 4. The maximum atomic E-state index is 5.67. The van der Waals surface area contributed by atoms with E-state index >= 15 is 0 Å². The molecule has 0 aliphatic carbocycles. The molecule has 0 spiro atoms. The summed E-state index contributed by atoms with van der Waals surface area (Å²) in [6.07, 6.45) is 1.55. The van der Waals surface area contributed by atoms with Gasteiger partial charge in [0.2, 0.25) is 11.2 Å². The average Bonchev–Trinajstić information content (AvgIpc) is 2.45. The summed E-state index contributed by atoms with van der Waals surface area (Å²) in [4.78, 5) is 7.74. The Kier molecular flexibility index (Phi) is 2.78. The average molecular weight is 239 g/mol. The van der Waals surface area contributed by atoms with E-state index in [9.17, 15) is 0 Å². The first-order valence-electron chi connectivity index (χ1n) is 4.74. The van der Waals surface area contributed by atoms with Crippen LogP contribution in [0.5, 0.6) is 11.6 Å². The summed E-state index contributed by atoms with van der Waals surface area (Å²) in [5, 5.41) is 4.41. The van der Waals surface area contributed by atoms with Gasteiger partial charge < -0.3 is 4.74 Å². The first-order valence-corrected chi connectivity index (χ1v) is 5.12. The molecule has 0 saturated heterocycles. The zero-order valence-electron chi connectivity index (χ0n) is 9.23. The van der Waals surface area contributed by atoms with Crippen LogP contribution in [0.15, 0.2) is 12.3 Å². The van der Waals surface area contributed by atoms with E-state index in [0.29, 0.717) is 11.6 Å². The minimum Gasteiger partial charge on any atom is -0.435 e. The second-order valence-electron chi connectivity index (χ2n) is 3.39. The highest BCUT2D eigenvalue weighted by Crippen LogP contribution is 2.26. The molecule has 0 aliphatic rings. The van der Waals surface area contributed by atoms with Crippen LogP contribution in [0.3, 0.4) is 0 Å². The van der Waals surface area contributed by atoms with Gasteiger partial charge in [-0.05, 0) is 25.4 Å². The molecule has 2 rings (SSSR count). The first kappa shape index (κ1) is 10.9. The number of rotatable bonds is 2. The quantitative estimate of drug-likeness (QED) is 0.754. The van der Waals surface area contributed by atoms with Crippen molar-refractivity contribution >= 4 is 11.6 Å². The topological polar surface area (TPSA) is 52.8 Å². The highest BCUT2D eigenvalue weighted by molar-refractivity contribution is 6.28. The highest BCUT2D eigenvalue weighted by Gasteiger charge is 2.12. The monoisotopic (exact) mass is 238 g/mol. The number of hydrogen-bond donors (Lipinski definition) is 0. The zero-order valence-corrected chi connectivity index (χ0v) is 9.99. The van der Waals surface area contributed by atoms with Crippen molar-refractivity contribution in [1.29, 1.82) is 0 Å². The van der Waals surface area contributed by atoms with Crippen molar-refractivity contribution in [2.24, 2.45) is 7.05 Å². The number of ether oxygens (including phenoxy) is 1. The Morgan fingerprint density at radius 3 is 2.69 bits per heavy atom. The molecule has 0 aromatic carbocycles. The molecule has 0 unspecified atom stereocenters. The van der Waals surface area contributed by atoms with Crippen molar-refractivity contribution in [1.82, 2.24) is 19.7 Å². The fourth-order valence-electron chi connectivity index (χ4n) is 1.38. The van der Waals surface area contributed by atoms with Gasteiger partial charge in [-0.15, -0.1) is 0 Å². The maximum absolute atomic E-state index is 5.67. The minimum absolute atomic E-state index is 0.164. The fraction of sp³-hybridized carbons (Fsp3) is 0.300. The van der Waals surface area contributed by atoms with Crippen molar-refractivity contribution in [3.05, 3.63) is 28.9 Å². The van der Waals surface area contributed by atoms with Crippen LogP contribution in [0.4, 0.5) is 0 Å². The zero-order chi connectivity index (χ0) is 11.7. The van der Waals surface area contributed by atoms with Gasteiger partial charge in [0.05, 0.1) is 5.69 Å². The van der Waals surface area contributed by atoms with Gasteiger partial charge in [0.1, 0.15) is 5.69 Å². The molecule has 0 aliphatic heterocycles. The maximum Gasteiger partial charge on any atom is 0.225 e. The van der Waals surface area contributed by atoms with Crippen molar-refractivity contribution in [2.45, 2.75) is 13.8 Å². The standard InChI is InChI=1S/C10H11ClN4O/c1-6-9(7(2)15(3)14-6)16-8-4-5-12-10(11)13-8/h4-5H,1-3H3. The molecule has 0 radical (unpaired) electrons. The van der Waals surface area contributed by atoms with E-state index < -0.39 is 0 Å². The number of hydrogen-bond acceptors (Lipinski definition) is 4. The Hall–Kier alpha value is -1.62. The SMILES string of the molecule is Cc1nn(C)c(C)c1Oc1ccnc(Cl)n1. The molecule has 2 aromatic heterocycles. The Balaban J connectivity index is 2.34. The molecule has 0 amide bonds. The van der Waals surface area contributed by atoms with Crippen LogP contribution in [0.25, 0.3) is 0 Å². The second-order valence-corrected chi connectivity index (χ2v) is 3.73. The van der Waals surface area contributed by atoms with E-state index in [2.05, 4.69) is 15.1 Å². The molecule has 84 valence electrons. The lowest BCUT2D eigenvalue weighted by Crippen LogP contribution is -1.94. The molecule has 16 heavy (non-hydrogen) atoms. The van der Waals surface area contributed by atoms with Crippen LogP contribution in [0.1, 0.15) is 11.4 Å². The van der Waals surface area contributed by atoms with E-state index in [4.69, 9.17) is 16.3 Å². The van der Waals surface area contributed by atoms with Crippen LogP contribution in [-0.2, 0) is 7.05 Å². The van der Waals surface area contributed by atoms with Crippen LogP contribution >= 0.6 is 11.6 Å². The lowest BCUT2D eigenvalue weighted by molar-refractivity contribution is 0.454. The number of aryl methyl sites for hydroxylation is 2. The van der Waals surface area contributed by atoms with Crippen LogP contribution < -0.4 is 4.74 Å². The molecule has 0 atom stereocenters. The molecule has 2 aromatic rings. The first-order chi connectivity index (χ1) is 7.58. The van der Waals surface area contributed by atoms with Crippen LogP contribution in [-0.4, -0.2) is 19.7 Å². The smallest absolute Gasteiger partial charge is 0.225 e. The van der Waals surface area contributed by atoms with Gasteiger partial charge in [0.25, 0.3) is 0 Å². The molecule has 0 saturated carbocycles. The van der Waals surface area contributed by atoms with Gasteiger partial charge in [0.15, 0.2) is 5.75 Å². The summed E-state index contributed by atoms with van der Waals surface area (Å²) in [6.45, 7) is 3.81. The predicted octanol–water partition coefficient (Wildman–Crippen LogP) is 2.27. The third-order valence-corrected chi connectivity index (χ3v) is 2.43. The van der Waals surface area contributed by atoms with Crippen molar-refractivity contribution in [2.75, 3.05) is 0 Å². The predicted molar refractivity (Wildman–Crippen MR) is 59.8 cm³/mol. The summed E-state index contributed by atoms with van der Waals surface area (Å²) in [7, 11) is 1.86. The highest BCUT2D eigenvalue weighted by atomic mass is 35.5. The van der Waals surface area contributed by atoms with Gasteiger partial charge in [0, 0.05) is 19.3 Å². The molecule has 0 fully saturated rings.